The summed E-state index contributed by atoms with van der Waals surface area (Å²) in [4.78, 5) is 17.9. The Morgan fingerprint density at radius 3 is 2.58 bits per heavy atom. The molecule has 0 spiro atoms. The monoisotopic (exact) mass is 259 g/mol. The third-order valence-corrected chi connectivity index (χ3v) is 2.96. The molecule has 0 aliphatic rings. The molecule has 0 aliphatic carbocycles. The lowest BCUT2D eigenvalue weighted by atomic mass is 10.2. The van der Waals surface area contributed by atoms with Crippen LogP contribution in [-0.4, -0.2) is 22.3 Å². The van der Waals surface area contributed by atoms with E-state index in [9.17, 15) is 4.79 Å². The number of amides is 1. The minimum absolute atomic E-state index is 0.144. The minimum atomic E-state index is -0.144. The number of aromatic nitrogens is 1. The first-order valence-corrected chi connectivity index (χ1v) is 6.15. The molecule has 2 aromatic rings. The van der Waals surface area contributed by atoms with E-state index in [4.69, 9.17) is 10.2 Å². The van der Waals surface area contributed by atoms with Crippen molar-refractivity contribution in [3.8, 4) is 0 Å². The van der Waals surface area contributed by atoms with E-state index < -0.39 is 0 Å². The van der Waals surface area contributed by atoms with Gasteiger partial charge in [-0.25, -0.2) is 4.98 Å². The Kier molecular flexibility index (Phi) is 3.85. The van der Waals surface area contributed by atoms with Gasteiger partial charge in [0.1, 0.15) is 0 Å². The van der Waals surface area contributed by atoms with Crippen molar-refractivity contribution in [1.82, 2.24) is 9.88 Å². The zero-order valence-corrected chi connectivity index (χ0v) is 11.1. The van der Waals surface area contributed by atoms with Crippen molar-refractivity contribution in [2.24, 2.45) is 0 Å². The lowest BCUT2D eigenvalue weighted by Crippen LogP contribution is -2.30. The summed E-state index contributed by atoms with van der Waals surface area (Å²) >= 11 is 0. The summed E-state index contributed by atoms with van der Waals surface area (Å²) in [6, 6.07) is 7.48. The Hall–Kier alpha value is -2.30. The highest BCUT2D eigenvalue weighted by Gasteiger charge is 2.20. The minimum Gasteiger partial charge on any atom is -0.438 e. The van der Waals surface area contributed by atoms with E-state index in [1.165, 1.54) is 6.39 Å². The van der Waals surface area contributed by atoms with Crippen molar-refractivity contribution in [3.63, 3.8) is 0 Å². The molecule has 1 aromatic carbocycles. The SMILES string of the molecule is CCN(Cc1ccc(N)cc1)C(=O)c1ocnc1C. The number of anilines is 1. The summed E-state index contributed by atoms with van der Waals surface area (Å²) in [5.41, 5.74) is 8.00. The van der Waals surface area contributed by atoms with Crippen LogP contribution >= 0.6 is 0 Å². The quantitative estimate of drug-likeness (QED) is 0.854. The number of benzene rings is 1. The Morgan fingerprint density at radius 2 is 2.05 bits per heavy atom. The van der Waals surface area contributed by atoms with E-state index in [2.05, 4.69) is 4.98 Å². The van der Waals surface area contributed by atoms with E-state index >= 15 is 0 Å². The fourth-order valence-corrected chi connectivity index (χ4v) is 1.82. The van der Waals surface area contributed by atoms with Gasteiger partial charge in [-0.05, 0) is 31.5 Å². The van der Waals surface area contributed by atoms with Crippen LogP contribution < -0.4 is 5.73 Å². The van der Waals surface area contributed by atoms with Gasteiger partial charge >= 0.3 is 0 Å². The Bertz CT molecular complexity index is 560. The van der Waals surface area contributed by atoms with Gasteiger partial charge in [0, 0.05) is 18.8 Å². The molecular formula is C14H17N3O2. The maximum Gasteiger partial charge on any atom is 0.291 e. The first-order chi connectivity index (χ1) is 9.11. The van der Waals surface area contributed by atoms with Gasteiger partial charge in [0.15, 0.2) is 6.39 Å². The van der Waals surface area contributed by atoms with Gasteiger partial charge in [-0.1, -0.05) is 12.1 Å². The fraction of sp³-hybridized carbons (Fsp3) is 0.286. The van der Waals surface area contributed by atoms with Gasteiger partial charge in [-0.2, -0.15) is 0 Å². The van der Waals surface area contributed by atoms with E-state index in [1.807, 2.05) is 31.2 Å². The number of nitrogens with zero attached hydrogens (tertiary/aromatic N) is 2. The molecule has 2 N–H and O–H groups in total. The summed E-state index contributed by atoms with van der Waals surface area (Å²) in [6.07, 6.45) is 1.29. The number of aryl methyl sites for hydroxylation is 1. The molecule has 0 saturated heterocycles. The molecule has 1 heterocycles. The van der Waals surface area contributed by atoms with Gasteiger partial charge in [-0.3, -0.25) is 4.79 Å². The Labute approximate surface area is 112 Å². The number of oxazole rings is 1. The predicted octanol–water partition coefficient (Wildman–Crippen LogP) is 2.23. The van der Waals surface area contributed by atoms with E-state index in [1.54, 1.807) is 11.8 Å². The smallest absolute Gasteiger partial charge is 0.291 e. The van der Waals surface area contributed by atoms with Crippen molar-refractivity contribution < 1.29 is 9.21 Å². The molecule has 0 unspecified atom stereocenters. The van der Waals surface area contributed by atoms with E-state index in [0.29, 0.717) is 30.2 Å². The Morgan fingerprint density at radius 1 is 1.37 bits per heavy atom. The standard InChI is InChI=1S/C14H17N3O2/c1-3-17(8-11-4-6-12(15)7-5-11)14(18)13-10(2)16-9-19-13/h4-7,9H,3,8,15H2,1-2H3. The van der Waals surface area contributed by atoms with Crippen LogP contribution in [0.15, 0.2) is 35.1 Å². The highest BCUT2D eigenvalue weighted by atomic mass is 16.3. The highest BCUT2D eigenvalue weighted by molar-refractivity contribution is 5.92. The van der Waals surface area contributed by atoms with E-state index in [0.717, 1.165) is 5.56 Å². The van der Waals surface area contributed by atoms with Gasteiger partial charge in [0.25, 0.3) is 5.91 Å². The molecule has 0 saturated carbocycles. The van der Waals surface area contributed by atoms with Gasteiger partial charge in [0.2, 0.25) is 5.76 Å². The number of carbonyl (C=O) groups is 1. The van der Waals surface area contributed by atoms with Crippen LogP contribution in [-0.2, 0) is 6.54 Å². The van der Waals surface area contributed by atoms with Gasteiger partial charge < -0.3 is 15.1 Å². The molecule has 1 aromatic heterocycles. The van der Waals surface area contributed by atoms with Crippen molar-refractivity contribution >= 4 is 11.6 Å². The van der Waals surface area contributed by atoms with Crippen LogP contribution in [0.1, 0.15) is 28.7 Å². The van der Waals surface area contributed by atoms with Crippen molar-refractivity contribution in [2.75, 3.05) is 12.3 Å². The number of nitrogens with two attached hydrogens (primary N) is 1. The van der Waals surface area contributed by atoms with Crippen LogP contribution in [0.2, 0.25) is 0 Å². The zero-order valence-electron chi connectivity index (χ0n) is 11.1. The van der Waals surface area contributed by atoms with Crippen LogP contribution in [0.3, 0.4) is 0 Å². The second kappa shape index (κ2) is 5.56. The average Bonchev–Trinajstić information content (AvgIpc) is 2.83. The fourth-order valence-electron chi connectivity index (χ4n) is 1.82. The van der Waals surface area contributed by atoms with Crippen LogP contribution in [0.25, 0.3) is 0 Å². The summed E-state index contributed by atoms with van der Waals surface area (Å²) in [6.45, 7) is 4.81. The topological polar surface area (TPSA) is 72.4 Å². The lowest BCUT2D eigenvalue weighted by Gasteiger charge is -2.20. The molecule has 0 atom stereocenters. The summed E-state index contributed by atoms with van der Waals surface area (Å²) in [5, 5.41) is 0. The van der Waals surface area contributed by atoms with Crippen molar-refractivity contribution in [1.29, 1.82) is 0 Å². The maximum absolute atomic E-state index is 12.3. The molecular weight excluding hydrogens is 242 g/mol. The van der Waals surface area contributed by atoms with E-state index in [-0.39, 0.29) is 5.91 Å². The third kappa shape index (κ3) is 2.93. The predicted molar refractivity (Wildman–Crippen MR) is 72.5 cm³/mol. The van der Waals surface area contributed by atoms with Crippen molar-refractivity contribution in [2.45, 2.75) is 20.4 Å². The largest absolute Gasteiger partial charge is 0.438 e. The lowest BCUT2D eigenvalue weighted by molar-refractivity contribution is 0.0719. The summed E-state index contributed by atoms with van der Waals surface area (Å²) in [5.74, 6) is 0.159. The molecule has 100 valence electrons. The molecule has 0 fully saturated rings. The molecule has 2 rings (SSSR count). The maximum atomic E-state index is 12.3. The molecule has 0 aliphatic heterocycles. The van der Waals surface area contributed by atoms with Crippen LogP contribution in [0, 0.1) is 6.92 Å². The highest BCUT2D eigenvalue weighted by Crippen LogP contribution is 2.13. The number of hydrogen-bond acceptors (Lipinski definition) is 4. The third-order valence-electron chi connectivity index (χ3n) is 2.96. The van der Waals surface area contributed by atoms with Crippen molar-refractivity contribution in [3.05, 3.63) is 47.7 Å². The van der Waals surface area contributed by atoms with Crippen LogP contribution in [0.4, 0.5) is 5.69 Å². The molecule has 19 heavy (non-hydrogen) atoms. The second-order valence-electron chi connectivity index (χ2n) is 4.33. The second-order valence-corrected chi connectivity index (χ2v) is 4.33. The molecule has 0 bridgehead atoms. The van der Waals surface area contributed by atoms with Crippen LogP contribution in [0.5, 0.6) is 0 Å². The molecule has 5 heteroatoms. The first-order valence-electron chi connectivity index (χ1n) is 6.15. The first kappa shape index (κ1) is 13.1. The molecule has 0 radical (unpaired) electrons. The van der Waals surface area contributed by atoms with Gasteiger partial charge in [0.05, 0.1) is 5.69 Å². The normalized spacial score (nSPS) is 10.4. The molecule has 1 amide bonds. The number of hydrogen-bond donors (Lipinski definition) is 1. The summed E-state index contributed by atoms with van der Waals surface area (Å²) < 4.78 is 5.14. The average molecular weight is 259 g/mol. The zero-order chi connectivity index (χ0) is 13.8. The number of rotatable bonds is 4. The molecule has 5 nitrogen and oxygen atoms in total. The van der Waals surface area contributed by atoms with Gasteiger partial charge in [-0.15, -0.1) is 0 Å². The summed E-state index contributed by atoms with van der Waals surface area (Å²) in [7, 11) is 0. The number of carbonyl (C=O) groups excluding carboxylic acids is 1. The number of nitrogen functional groups attached to an aromatic ring is 1. The Balaban J connectivity index is 2.14.